The van der Waals surface area contributed by atoms with E-state index in [0.717, 1.165) is 21.3 Å². The number of benzene rings is 2. The standard InChI is InChI=1S/C20H22N4O2S2/c1-13-4-8-16(9-5-13)22-19-23-24-20(28-19)27-14(2)18(25)21-12-15-6-10-17(26-3)11-7-15/h4-11,14H,12H2,1-3H3,(H,21,25)(H,22,23)/t14-/m0/s1. The van der Waals surface area contributed by atoms with Gasteiger partial charge >= 0.3 is 0 Å². The van der Waals surface area contributed by atoms with Crippen LogP contribution in [0.5, 0.6) is 5.75 Å². The van der Waals surface area contributed by atoms with Crippen molar-refractivity contribution in [1.82, 2.24) is 15.5 Å². The maximum Gasteiger partial charge on any atom is 0.233 e. The highest BCUT2D eigenvalue weighted by atomic mass is 32.2. The Hall–Kier alpha value is -2.58. The van der Waals surface area contributed by atoms with E-state index in [0.29, 0.717) is 11.7 Å². The van der Waals surface area contributed by atoms with E-state index in [2.05, 4.69) is 20.8 Å². The number of amides is 1. The number of hydrogen-bond acceptors (Lipinski definition) is 7. The van der Waals surface area contributed by atoms with Gasteiger partial charge in [0.1, 0.15) is 5.75 Å². The predicted octanol–water partition coefficient (Wildman–Crippen LogP) is 4.40. The van der Waals surface area contributed by atoms with Crippen molar-refractivity contribution in [2.75, 3.05) is 12.4 Å². The normalized spacial score (nSPS) is 11.7. The van der Waals surface area contributed by atoms with E-state index in [1.54, 1.807) is 7.11 Å². The second-order valence-electron chi connectivity index (χ2n) is 6.19. The molecule has 0 spiro atoms. The molecule has 0 unspecified atom stereocenters. The zero-order valence-electron chi connectivity index (χ0n) is 15.9. The molecule has 1 heterocycles. The second kappa shape index (κ2) is 9.57. The van der Waals surface area contributed by atoms with Crippen molar-refractivity contribution < 1.29 is 9.53 Å². The Kier molecular flexibility index (Phi) is 6.89. The van der Waals surface area contributed by atoms with E-state index in [1.165, 1.54) is 28.7 Å². The summed E-state index contributed by atoms with van der Waals surface area (Å²) >= 11 is 2.83. The van der Waals surface area contributed by atoms with E-state index in [4.69, 9.17) is 4.74 Å². The molecule has 0 saturated carbocycles. The fourth-order valence-electron chi connectivity index (χ4n) is 2.35. The molecule has 1 aromatic heterocycles. The Bertz CT molecular complexity index is 911. The number of thioether (sulfide) groups is 1. The molecule has 2 aromatic carbocycles. The molecule has 146 valence electrons. The van der Waals surface area contributed by atoms with Crippen LogP contribution in [0.1, 0.15) is 18.1 Å². The third kappa shape index (κ3) is 5.71. The minimum absolute atomic E-state index is 0.0379. The number of nitrogens with zero attached hydrogens (tertiary/aromatic N) is 2. The number of carbonyl (C=O) groups is 1. The molecule has 28 heavy (non-hydrogen) atoms. The molecule has 2 N–H and O–H groups in total. The third-order valence-electron chi connectivity index (χ3n) is 3.98. The monoisotopic (exact) mass is 414 g/mol. The average molecular weight is 415 g/mol. The van der Waals surface area contributed by atoms with Crippen LogP contribution in [0.25, 0.3) is 0 Å². The maximum atomic E-state index is 12.4. The number of methoxy groups -OCH3 is 1. The lowest BCUT2D eigenvalue weighted by atomic mass is 10.2. The van der Waals surface area contributed by atoms with Crippen LogP contribution in [0, 0.1) is 6.92 Å². The summed E-state index contributed by atoms with van der Waals surface area (Å²) in [5, 5.41) is 14.9. The molecule has 1 atom stereocenters. The lowest BCUT2D eigenvalue weighted by molar-refractivity contribution is -0.120. The van der Waals surface area contributed by atoms with Crippen molar-refractivity contribution in [1.29, 1.82) is 0 Å². The SMILES string of the molecule is COc1ccc(CNC(=O)[C@H](C)Sc2nnc(Nc3ccc(C)cc3)s2)cc1. The van der Waals surface area contributed by atoms with Crippen molar-refractivity contribution in [2.24, 2.45) is 0 Å². The number of carbonyl (C=O) groups excluding carboxylic acids is 1. The number of aryl methyl sites for hydroxylation is 1. The van der Waals surface area contributed by atoms with Crippen LogP contribution >= 0.6 is 23.1 Å². The summed E-state index contributed by atoms with van der Waals surface area (Å²) < 4.78 is 5.89. The Labute approximate surface area is 172 Å². The molecule has 0 aliphatic rings. The lowest BCUT2D eigenvalue weighted by Crippen LogP contribution is -2.30. The van der Waals surface area contributed by atoms with Crippen molar-refractivity contribution in [3.05, 3.63) is 59.7 Å². The molecular weight excluding hydrogens is 392 g/mol. The predicted molar refractivity (Wildman–Crippen MR) is 115 cm³/mol. The minimum atomic E-state index is -0.265. The van der Waals surface area contributed by atoms with Gasteiger partial charge in [0.05, 0.1) is 12.4 Å². The van der Waals surface area contributed by atoms with Gasteiger partial charge in [0.15, 0.2) is 4.34 Å². The number of ether oxygens (including phenoxy) is 1. The summed E-state index contributed by atoms with van der Waals surface area (Å²) in [5.41, 5.74) is 3.18. The Morgan fingerprint density at radius 2 is 1.86 bits per heavy atom. The van der Waals surface area contributed by atoms with Crippen LogP contribution in [0.15, 0.2) is 52.9 Å². The van der Waals surface area contributed by atoms with Crippen molar-refractivity contribution in [3.63, 3.8) is 0 Å². The molecule has 0 aliphatic heterocycles. The second-order valence-corrected chi connectivity index (χ2v) is 8.76. The summed E-state index contributed by atoms with van der Waals surface area (Å²) in [4.78, 5) is 12.4. The van der Waals surface area contributed by atoms with Gasteiger partial charge in [0.25, 0.3) is 0 Å². The van der Waals surface area contributed by atoms with E-state index in [-0.39, 0.29) is 11.2 Å². The maximum absolute atomic E-state index is 12.4. The van der Waals surface area contributed by atoms with Gasteiger partial charge < -0.3 is 15.4 Å². The number of hydrogen-bond donors (Lipinski definition) is 2. The summed E-state index contributed by atoms with van der Waals surface area (Å²) in [6.45, 7) is 4.39. The van der Waals surface area contributed by atoms with Gasteiger partial charge in [0.2, 0.25) is 11.0 Å². The number of rotatable bonds is 8. The first-order valence-electron chi connectivity index (χ1n) is 8.78. The van der Waals surface area contributed by atoms with Crippen LogP contribution in [0.3, 0.4) is 0 Å². The number of anilines is 2. The fourth-order valence-corrected chi connectivity index (χ4v) is 4.29. The van der Waals surface area contributed by atoms with Gasteiger partial charge in [-0.1, -0.05) is 52.9 Å². The first kappa shape index (κ1) is 20.2. The number of aromatic nitrogens is 2. The summed E-state index contributed by atoms with van der Waals surface area (Å²) in [6.07, 6.45) is 0. The Morgan fingerprint density at radius 3 is 2.54 bits per heavy atom. The molecule has 0 aliphatic carbocycles. The highest BCUT2D eigenvalue weighted by Gasteiger charge is 2.17. The molecule has 1 amide bonds. The Balaban J connectivity index is 1.49. The highest BCUT2D eigenvalue weighted by Crippen LogP contribution is 2.30. The van der Waals surface area contributed by atoms with Crippen LogP contribution < -0.4 is 15.4 Å². The lowest BCUT2D eigenvalue weighted by Gasteiger charge is -2.10. The molecule has 0 radical (unpaired) electrons. The first-order valence-corrected chi connectivity index (χ1v) is 10.5. The van der Waals surface area contributed by atoms with E-state index in [9.17, 15) is 4.79 Å². The van der Waals surface area contributed by atoms with Gasteiger partial charge in [-0.05, 0) is 43.7 Å². The van der Waals surface area contributed by atoms with Crippen molar-refractivity contribution in [3.8, 4) is 5.75 Å². The van der Waals surface area contributed by atoms with Crippen LogP contribution in [-0.2, 0) is 11.3 Å². The smallest absolute Gasteiger partial charge is 0.233 e. The van der Waals surface area contributed by atoms with Gasteiger partial charge in [-0.3, -0.25) is 4.79 Å². The Morgan fingerprint density at radius 1 is 1.14 bits per heavy atom. The average Bonchev–Trinajstić information content (AvgIpc) is 3.15. The van der Waals surface area contributed by atoms with Crippen LogP contribution in [0.2, 0.25) is 0 Å². The van der Waals surface area contributed by atoms with Crippen LogP contribution in [0.4, 0.5) is 10.8 Å². The zero-order valence-corrected chi connectivity index (χ0v) is 17.6. The molecule has 0 saturated heterocycles. The van der Waals surface area contributed by atoms with E-state index < -0.39 is 0 Å². The van der Waals surface area contributed by atoms with Crippen LogP contribution in [-0.4, -0.2) is 28.5 Å². The van der Waals surface area contributed by atoms with E-state index in [1.807, 2.05) is 62.4 Å². The van der Waals surface area contributed by atoms with Crippen molar-refractivity contribution >= 4 is 39.8 Å². The minimum Gasteiger partial charge on any atom is -0.497 e. The van der Waals surface area contributed by atoms with Gasteiger partial charge in [-0.2, -0.15) is 0 Å². The zero-order chi connectivity index (χ0) is 19.9. The number of nitrogens with one attached hydrogen (secondary N) is 2. The molecule has 0 fully saturated rings. The molecule has 6 nitrogen and oxygen atoms in total. The van der Waals surface area contributed by atoms with Gasteiger partial charge in [-0.25, -0.2) is 0 Å². The summed E-state index contributed by atoms with van der Waals surface area (Å²) in [6, 6.07) is 15.7. The molecule has 3 aromatic rings. The third-order valence-corrected chi connectivity index (χ3v) is 6.00. The van der Waals surface area contributed by atoms with E-state index >= 15 is 0 Å². The molecular formula is C20H22N4O2S2. The summed E-state index contributed by atoms with van der Waals surface area (Å²) in [5.74, 6) is 0.759. The molecule has 8 heteroatoms. The topological polar surface area (TPSA) is 76.1 Å². The van der Waals surface area contributed by atoms with Crippen molar-refractivity contribution in [2.45, 2.75) is 30.0 Å². The van der Waals surface area contributed by atoms with Gasteiger partial charge in [-0.15, -0.1) is 10.2 Å². The van der Waals surface area contributed by atoms with Gasteiger partial charge in [0, 0.05) is 12.2 Å². The quantitative estimate of drug-likeness (QED) is 0.532. The summed E-state index contributed by atoms with van der Waals surface area (Å²) in [7, 11) is 1.63. The first-order chi connectivity index (χ1) is 13.5. The molecule has 3 rings (SSSR count). The largest absolute Gasteiger partial charge is 0.497 e. The fraction of sp³-hybridized carbons (Fsp3) is 0.250. The highest BCUT2D eigenvalue weighted by molar-refractivity contribution is 8.02. The molecule has 0 bridgehead atoms.